The van der Waals surface area contributed by atoms with Gasteiger partial charge < -0.3 is 14.3 Å². The van der Waals surface area contributed by atoms with E-state index in [0.29, 0.717) is 21.5 Å². The molecule has 0 bridgehead atoms. The van der Waals surface area contributed by atoms with Crippen molar-refractivity contribution in [2.45, 2.75) is 13.0 Å². The minimum absolute atomic E-state index is 0.123. The number of H-pyrrole nitrogens is 1. The number of benzene rings is 1. The summed E-state index contributed by atoms with van der Waals surface area (Å²) in [5.74, 6) is 0.192. The minimum Gasteiger partial charge on any atom is -0.465 e. The first-order valence-corrected chi connectivity index (χ1v) is 10.8. The molecule has 0 atom stereocenters. The Bertz CT molecular complexity index is 1250. The average Bonchev–Trinajstić information content (AvgIpc) is 3.34. The molecule has 0 unspecified atom stereocenters. The fraction of sp³-hybridized carbons (Fsp3) is 0.182. The molecule has 1 fully saturated rings. The molecular formula is C22H19N3O4S2. The van der Waals surface area contributed by atoms with Crippen molar-refractivity contribution in [3.05, 3.63) is 75.3 Å². The monoisotopic (exact) mass is 453 g/mol. The van der Waals surface area contributed by atoms with Crippen molar-refractivity contribution in [1.29, 1.82) is 0 Å². The molecule has 158 valence electrons. The van der Waals surface area contributed by atoms with Gasteiger partial charge in [0.05, 0.1) is 11.2 Å². The molecule has 1 N–H and O–H groups in total. The Balaban J connectivity index is 1.41. The van der Waals surface area contributed by atoms with Crippen LogP contribution in [-0.4, -0.2) is 44.5 Å². The maximum atomic E-state index is 12.7. The van der Waals surface area contributed by atoms with Gasteiger partial charge in [0.15, 0.2) is 0 Å². The topological polar surface area (TPSA) is 86.6 Å². The highest BCUT2D eigenvalue weighted by atomic mass is 32.2. The summed E-state index contributed by atoms with van der Waals surface area (Å²) in [6.07, 6.45) is 3.30. The second-order valence-electron chi connectivity index (χ2n) is 7.05. The van der Waals surface area contributed by atoms with Gasteiger partial charge in [0.25, 0.3) is 5.91 Å². The van der Waals surface area contributed by atoms with Gasteiger partial charge in [0, 0.05) is 49.6 Å². The number of aromatic amines is 1. The molecule has 1 aliphatic heterocycles. The van der Waals surface area contributed by atoms with Crippen LogP contribution < -0.4 is 5.56 Å². The molecular weight excluding hydrogens is 434 g/mol. The number of fused-ring (bicyclic) bond motifs is 1. The smallest absolute Gasteiger partial charge is 0.266 e. The van der Waals surface area contributed by atoms with Gasteiger partial charge in [-0.25, -0.2) is 0 Å². The molecule has 3 aromatic rings. The summed E-state index contributed by atoms with van der Waals surface area (Å²) >= 11 is 6.51. The maximum Gasteiger partial charge on any atom is 0.266 e. The van der Waals surface area contributed by atoms with Crippen LogP contribution in [0.5, 0.6) is 0 Å². The predicted octanol–water partition coefficient (Wildman–Crippen LogP) is 3.37. The van der Waals surface area contributed by atoms with Gasteiger partial charge in [-0.1, -0.05) is 42.2 Å². The molecule has 0 saturated carbocycles. The number of furan rings is 1. The van der Waals surface area contributed by atoms with E-state index in [4.69, 9.17) is 16.6 Å². The Labute approximate surface area is 187 Å². The second-order valence-corrected chi connectivity index (χ2v) is 8.73. The minimum atomic E-state index is -0.234. The van der Waals surface area contributed by atoms with Crippen molar-refractivity contribution in [1.82, 2.24) is 14.8 Å². The molecule has 0 aliphatic carbocycles. The van der Waals surface area contributed by atoms with Crippen molar-refractivity contribution in [3.8, 4) is 0 Å². The second kappa shape index (κ2) is 8.91. The first kappa shape index (κ1) is 21.1. The number of carbonyl (C=O) groups is 2. The molecule has 31 heavy (non-hydrogen) atoms. The van der Waals surface area contributed by atoms with Crippen LogP contribution >= 0.6 is 24.0 Å². The maximum absolute atomic E-state index is 12.7. The van der Waals surface area contributed by atoms with Gasteiger partial charge in [-0.15, -0.1) is 0 Å². The van der Waals surface area contributed by atoms with Crippen LogP contribution in [0.2, 0.25) is 0 Å². The Hall–Kier alpha value is -3.17. The molecule has 7 nitrogen and oxygen atoms in total. The number of hydrogen-bond acceptors (Lipinski definition) is 6. The molecule has 2 aromatic heterocycles. The molecule has 4 rings (SSSR count). The Morgan fingerprint density at radius 1 is 1.26 bits per heavy atom. The van der Waals surface area contributed by atoms with Crippen LogP contribution in [0.4, 0.5) is 0 Å². The summed E-state index contributed by atoms with van der Waals surface area (Å²) in [7, 11) is 1.68. The van der Waals surface area contributed by atoms with Crippen molar-refractivity contribution < 1.29 is 14.0 Å². The highest BCUT2D eigenvalue weighted by molar-refractivity contribution is 8.26. The number of thioether (sulfide) groups is 1. The number of pyridine rings is 1. The molecule has 3 heterocycles. The largest absolute Gasteiger partial charge is 0.465 e. The lowest BCUT2D eigenvalue weighted by Gasteiger charge is -2.20. The normalized spacial score (nSPS) is 15.3. The number of hydrogen-bond donors (Lipinski definition) is 1. The first-order valence-electron chi connectivity index (χ1n) is 9.56. The number of rotatable bonds is 6. The van der Waals surface area contributed by atoms with Gasteiger partial charge in [0.2, 0.25) is 11.5 Å². The summed E-state index contributed by atoms with van der Waals surface area (Å²) in [6, 6.07) is 12.5. The zero-order valence-corrected chi connectivity index (χ0v) is 18.3. The van der Waals surface area contributed by atoms with Crippen LogP contribution in [0.1, 0.15) is 17.7 Å². The van der Waals surface area contributed by atoms with E-state index >= 15 is 0 Å². The van der Waals surface area contributed by atoms with Crippen LogP contribution in [0, 0.1) is 0 Å². The van der Waals surface area contributed by atoms with Crippen LogP contribution in [0.25, 0.3) is 17.0 Å². The molecule has 1 aromatic carbocycles. The van der Waals surface area contributed by atoms with E-state index in [-0.39, 0.29) is 30.3 Å². The Morgan fingerprint density at radius 2 is 2.06 bits per heavy atom. The molecule has 2 amide bonds. The molecule has 9 heteroatoms. The molecule has 1 aliphatic rings. The van der Waals surface area contributed by atoms with Crippen LogP contribution in [0.15, 0.2) is 62.8 Å². The molecule has 1 saturated heterocycles. The first-order chi connectivity index (χ1) is 14.9. The average molecular weight is 454 g/mol. The van der Waals surface area contributed by atoms with Crippen molar-refractivity contribution >= 4 is 57.1 Å². The van der Waals surface area contributed by atoms with E-state index < -0.39 is 0 Å². The lowest BCUT2D eigenvalue weighted by molar-refractivity contribution is -0.131. The highest BCUT2D eigenvalue weighted by Crippen LogP contribution is 2.32. The summed E-state index contributed by atoms with van der Waals surface area (Å²) in [5, 5.41) is 0.891. The number of carbonyl (C=O) groups excluding carboxylic acids is 2. The quantitative estimate of drug-likeness (QED) is 0.455. The van der Waals surface area contributed by atoms with E-state index in [1.54, 1.807) is 30.2 Å². The third-order valence-corrected chi connectivity index (χ3v) is 6.29. The summed E-state index contributed by atoms with van der Waals surface area (Å²) in [5.41, 5.74) is 1.28. The Morgan fingerprint density at radius 3 is 2.84 bits per heavy atom. The van der Waals surface area contributed by atoms with E-state index in [1.807, 2.05) is 24.3 Å². The standard InChI is InChI=1S/C22H19N3O4S2/c1-24(13-14-11-19(26)23-17-7-3-2-6-16(14)17)20(27)8-9-25-21(28)18(31-22(25)30)12-15-5-4-10-29-15/h2-7,10-12H,8-9,13H2,1H3,(H,23,26)/b18-12+. The van der Waals surface area contributed by atoms with Crippen molar-refractivity contribution in [3.63, 3.8) is 0 Å². The van der Waals surface area contributed by atoms with E-state index in [9.17, 15) is 14.4 Å². The van der Waals surface area contributed by atoms with E-state index in [0.717, 1.165) is 16.5 Å². The van der Waals surface area contributed by atoms with Gasteiger partial charge in [-0.3, -0.25) is 19.3 Å². The lowest BCUT2D eigenvalue weighted by atomic mass is 10.1. The number of thiocarbonyl (C=S) groups is 1. The molecule has 0 spiro atoms. The number of nitrogens with one attached hydrogen (secondary N) is 1. The van der Waals surface area contributed by atoms with Gasteiger partial charge >= 0.3 is 0 Å². The van der Waals surface area contributed by atoms with E-state index in [2.05, 4.69) is 4.98 Å². The number of aromatic nitrogens is 1. The van der Waals surface area contributed by atoms with Crippen LogP contribution in [-0.2, 0) is 16.1 Å². The van der Waals surface area contributed by atoms with Gasteiger partial charge in [-0.05, 0) is 23.8 Å². The van der Waals surface area contributed by atoms with Gasteiger partial charge in [-0.2, -0.15) is 0 Å². The number of amides is 2. The number of nitrogens with zero attached hydrogens (tertiary/aromatic N) is 2. The molecule has 0 radical (unpaired) electrons. The van der Waals surface area contributed by atoms with Crippen LogP contribution in [0.3, 0.4) is 0 Å². The van der Waals surface area contributed by atoms with E-state index in [1.165, 1.54) is 29.0 Å². The summed E-state index contributed by atoms with van der Waals surface area (Å²) in [4.78, 5) is 43.5. The number of para-hydroxylation sites is 1. The SMILES string of the molecule is CN(Cc1cc(=O)[nH]c2ccccc12)C(=O)CCN1C(=O)/C(=C\c2ccco2)SC1=S. The fourth-order valence-corrected chi connectivity index (χ4v) is 4.63. The predicted molar refractivity (Wildman–Crippen MR) is 124 cm³/mol. The van der Waals surface area contributed by atoms with Crippen molar-refractivity contribution in [2.24, 2.45) is 0 Å². The van der Waals surface area contributed by atoms with Gasteiger partial charge in [0.1, 0.15) is 10.1 Å². The zero-order valence-electron chi connectivity index (χ0n) is 16.7. The highest BCUT2D eigenvalue weighted by Gasteiger charge is 2.32. The third-order valence-electron chi connectivity index (χ3n) is 4.91. The fourth-order valence-electron chi connectivity index (χ4n) is 3.35. The summed E-state index contributed by atoms with van der Waals surface area (Å²) < 4.78 is 5.67. The zero-order chi connectivity index (χ0) is 22.0. The lowest BCUT2D eigenvalue weighted by Crippen LogP contribution is -2.34. The summed E-state index contributed by atoms with van der Waals surface area (Å²) in [6.45, 7) is 0.486. The Kier molecular flexibility index (Phi) is 6.06. The third kappa shape index (κ3) is 4.62. The van der Waals surface area contributed by atoms with Crippen molar-refractivity contribution in [2.75, 3.05) is 13.6 Å².